The van der Waals surface area contributed by atoms with Crippen LogP contribution in [0.25, 0.3) is 16.6 Å². The van der Waals surface area contributed by atoms with Gasteiger partial charge in [-0.1, -0.05) is 0 Å². The summed E-state index contributed by atoms with van der Waals surface area (Å²) < 4.78 is 20.8. The van der Waals surface area contributed by atoms with E-state index < -0.39 is 5.60 Å². The second-order valence-electron chi connectivity index (χ2n) is 7.08. The van der Waals surface area contributed by atoms with Gasteiger partial charge in [0, 0.05) is 12.5 Å². The van der Waals surface area contributed by atoms with E-state index in [9.17, 15) is 9.65 Å². The quantitative estimate of drug-likeness (QED) is 0.640. The number of aromatic nitrogens is 2. The Labute approximate surface area is 151 Å². The van der Waals surface area contributed by atoms with E-state index >= 15 is 0 Å². The maximum atomic E-state index is 13.2. The number of nitrogens with zero attached hydrogens (tertiary/aromatic N) is 3. The zero-order chi connectivity index (χ0) is 18.3. The molecule has 2 atom stereocenters. The first-order valence-corrected chi connectivity index (χ1v) is 8.77. The molecule has 1 aromatic heterocycles. The molecule has 5 heteroatoms. The molecule has 1 aliphatic carbocycles. The number of aryl methyl sites for hydroxylation is 1. The van der Waals surface area contributed by atoms with Gasteiger partial charge in [0.1, 0.15) is 11.7 Å². The molecule has 0 spiro atoms. The number of rotatable bonds is 2. The summed E-state index contributed by atoms with van der Waals surface area (Å²) in [6.07, 6.45) is 4.50. The molecule has 0 bridgehead atoms. The molecule has 1 aliphatic rings. The highest BCUT2D eigenvalue weighted by molar-refractivity contribution is 5.82. The fourth-order valence-electron chi connectivity index (χ4n) is 3.94. The van der Waals surface area contributed by atoms with Gasteiger partial charge in [0.2, 0.25) is 0 Å². The molecule has 26 heavy (non-hydrogen) atoms. The third kappa shape index (κ3) is 2.58. The van der Waals surface area contributed by atoms with Crippen molar-refractivity contribution in [1.82, 2.24) is 9.78 Å². The lowest BCUT2D eigenvalue weighted by molar-refractivity contribution is -0.0106. The average molecular weight is 349 g/mol. The molecule has 0 saturated carbocycles. The lowest BCUT2D eigenvalue weighted by Crippen LogP contribution is -2.33. The van der Waals surface area contributed by atoms with Crippen LogP contribution in [-0.2, 0) is 11.2 Å². The maximum Gasteiger partial charge on any atom is 0.123 e. The number of nitriles is 1. The molecular formula is C21H20FN3O. The standard InChI is InChI=1S/C21H20FN3O/c1-21(26-2)9-3-4-14-11-20-15(10-18(14)19(21)12-23)13-24-25(20)17-7-5-16(22)6-8-17/h5-8,10-11,13,19H,3-4,9H2,1-2H3. The van der Waals surface area contributed by atoms with Gasteiger partial charge in [-0.2, -0.15) is 10.4 Å². The highest BCUT2D eigenvalue weighted by Gasteiger charge is 2.38. The van der Waals surface area contributed by atoms with E-state index in [0.717, 1.165) is 47.0 Å². The number of hydrogen-bond donors (Lipinski definition) is 0. The zero-order valence-corrected chi connectivity index (χ0v) is 14.9. The molecule has 1 heterocycles. The van der Waals surface area contributed by atoms with Crippen LogP contribution >= 0.6 is 0 Å². The van der Waals surface area contributed by atoms with E-state index in [4.69, 9.17) is 4.74 Å². The number of ether oxygens (including phenoxy) is 1. The third-order valence-electron chi connectivity index (χ3n) is 5.54. The highest BCUT2D eigenvalue weighted by Crippen LogP contribution is 2.41. The Morgan fingerprint density at radius 1 is 1.31 bits per heavy atom. The van der Waals surface area contributed by atoms with Gasteiger partial charge < -0.3 is 4.74 Å². The summed E-state index contributed by atoms with van der Waals surface area (Å²) in [7, 11) is 1.68. The largest absolute Gasteiger partial charge is 0.377 e. The Morgan fingerprint density at radius 2 is 2.08 bits per heavy atom. The molecule has 4 nitrogen and oxygen atoms in total. The van der Waals surface area contributed by atoms with Crippen molar-refractivity contribution in [3.63, 3.8) is 0 Å². The van der Waals surface area contributed by atoms with E-state index in [0.29, 0.717) is 0 Å². The lowest BCUT2D eigenvalue weighted by Gasteiger charge is -2.31. The molecule has 0 amide bonds. The molecule has 0 aliphatic heterocycles. The fraction of sp³-hybridized carbons (Fsp3) is 0.333. The van der Waals surface area contributed by atoms with Crippen LogP contribution in [0.2, 0.25) is 0 Å². The molecule has 2 unspecified atom stereocenters. The number of halogens is 1. The number of hydrogen-bond acceptors (Lipinski definition) is 3. The Morgan fingerprint density at radius 3 is 2.77 bits per heavy atom. The molecule has 132 valence electrons. The van der Waals surface area contributed by atoms with Crippen LogP contribution in [0.15, 0.2) is 42.6 Å². The molecular weight excluding hydrogens is 329 g/mol. The van der Waals surface area contributed by atoms with Crippen molar-refractivity contribution in [1.29, 1.82) is 5.26 Å². The smallest absolute Gasteiger partial charge is 0.123 e. The van der Waals surface area contributed by atoms with Crippen LogP contribution in [0.1, 0.15) is 36.8 Å². The van der Waals surface area contributed by atoms with Gasteiger partial charge in [-0.3, -0.25) is 0 Å². The van der Waals surface area contributed by atoms with E-state index in [1.54, 1.807) is 25.4 Å². The number of fused-ring (bicyclic) bond motifs is 2. The third-order valence-corrected chi connectivity index (χ3v) is 5.54. The average Bonchev–Trinajstić information content (AvgIpc) is 2.99. The summed E-state index contributed by atoms with van der Waals surface area (Å²) in [6, 6.07) is 12.9. The van der Waals surface area contributed by atoms with Gasteiger partial charge >= 0.3 is 0 Å². The van der Waals surface area contributed by atoms with Gasteiger partial charge in [-0.25, -0.2) is 9.07 Å². The monoisotopic (exact) mass is 349 g/mol. The Hall–Kier alpha value is -2.71. The summed E-state index contributed by atoms with van der Waals surface area (Å²) in [4.78, 5) is 0. The SMILES string of the molecule is COC1(C)CCCc2cc3c(cnn3-c3ccc(F)cc3)cc2C1C#N. The van der Waals surface area contributed by atoms with Crippen molar-refractivity contribution in [2.24, 2.45) is 0 Å². The minimum Gasteiger partial charge on any atom is -0.377 e. The van der Waals surface area contributed by atoms with Crippen molar-refractivity contribution in [2.45, 2.75) is 37.7 Å². The first-order chi connectivity index (χ1) is 12.6. The fourth-order valence-corrected chi connectivity index (χ4v) is 3.94. The molecule has 4 rings (SSSR count). The van der Waals surface area contributed by atoms with Gasteiger partial charge in [0.05, 0.1) is 29.1 Å². The minimum atomic E-state index is -0.485. The van der Waals surface area contributed by atoms with E-state index in [1.807, 2.05) is 11.6 Å². The summed E-state index contributed by atoms with van der Waals surface area (Å²) in [5, 5.41) is 15.3. The summed E-state index contributed by atoms with van der Waals surface area (Å²) in [5.74, 6) is -0.585. The van der Waals surface area contributed by atoms with Crippen molar-refractivity contribution in [3.05, 3.63) is 59.5 Å². The van der Waals surface area contributed by atoms with Crippen LogP contribution in [0.4, 0.5) is 4.39 Å². The summed E-state index contributed by atoms with van der Waals surface area (Å²) in [6.45, 7) is 2.02. The number of methoxy groups -OCH3 is 1. The molecule has 0 fully saturated rings. The van der Waals surface area contributed by atoms with Gasteiger partial charge in [-0.05, 0) is 73.7 Å². The topological polar surface area (TPSA) is 50.8 Å². The summed E-state index contributed by atoms with van der Waals surface area (Å²) in [5.41, 5.74) is 3.48. The predicted octanol–water partition coefficient (Wildman–Crippen LogP) is 4.51. The molecule has 0 N–H and O–H groups in total. The maximum absolute atomic E-state index is 13.2. The first kappa shape index (κ1) is 16.7. The van der Waals surface area contributed by atoms with Crippen molar-refractivity contribution >= 4 is 10.9 Å². The Kier molecular flexibility index (Phi) is 4.01. The van der Waals surface area contributed by atoms with Gasteiger partial charge in [0.15, 0.2) is 0 Å². The molecule has 3 aromatic rings. The first-order valence-electron chi connectivity index (χ1n) is 8.77. The minimum absolute atomic E-state index is 0.269. The van der Waals surface area contributed by atoms with Crippen LogP contribution in [-0.4, -0.2) is 22.5 Å². The highest BCUT2D eigenvalue weighted by atomic mass is 19.1. The Bertz CT molecular complexity index is 1000. The molecule has 0 saturated heterocycles. The predicted molar refractivity (Wildman–Crippen MR) is 97.7 cm³/mol. The van der Waals surface area contributed by atoms with Crippen LogP contribution < -0.4 is 0 Å². The van der Waals surface area contributed by atoms with E-state index in [-0.39, 0.29) is 11.7 Å². The van der Waals surface area contributed by atoms with Crippen molar-refractivity contribution in [3.8, 4) is 11.8 Å². The van der Waals surface area contributed by atoms with Gasteiger partial charge in [-0.15, -0.1) is 0 Å². The van der Waals surface area contributed by atoms with Gasteiger partial charge in [0.25, 0.3) is 0 Å². The van der Waals surface area contributed by atoms with Crippen LogP contribution in [0.3, 0.4) is 0 Å². The van der Waals surface area contributed by atoms with Crippen LogP contribution in [0, 0.1) is 17.1 Å². The van der Waals surface area contributed by atoms with Crippen LogP contribution in [0.5, 0.6) is 0 Å². The normalized spacial score (nSPS) is 22.6. The Balaban J connectivity index is 1.88. The lowest BCUT2D eigenvalue weighted by atomic mass is 9.82. The zero-order valence-electron chi connectivity index (χ0n) is 14.9. The van der Waals surface area contributed by atoms with Crippen molar-refractivity contribution < 1.29 is 9.13 Å². The summed E-state index contributed by atoms with van der Waals surface area (Å²) >= 11 is 0. The molecule has 2 aromatic carbocycles. The molecule has 0 radical (unpaired) electrons. The second-order valence-corrected chi connectivity index (χ2v) is 7.08. The number of benzene rings is 2. The van der Waals surface area contributed by atoms with Crippen molar-refractivity contribution in [2.75, 3.05) is 7.11 Å². The second kappa shape index (κ2) is 6.22. The van der Waals surface area contributed by atoms with E-state index in [2.05, 4.69) is 23.3 Å². The van der Waals surface area contributed by atoms with E-state index in [1.165, 1.54) is 12.1 Å².